The molecule has 7 nitrogen and oxygen atoms in total. The minimum Gasteiger partial charge on any atom is -0.326 e. The van der Waals surface area contributed by atoms with E-state index in [2.05, 4.69) is 16.9 Å². The maximum absolute atomic E-state index is 13.1. The molecule has 30 heavy (non-hydrogen) atoms. The summed E-state index contributed by atoms with van der Waals surface area (Å²) in [4.78, 5) is 29.6. The summed E-state index contributed by atoms with van der Waals surface area (Å²) in [5, 5.41) is 1.86. The van der Waals surface area contributed by atoms with Crippen molar-refractivity contribution in [3.8, 4) is 0 Å². The predicted octanol–water partition coefficient (Wildman–Crippen LogP) is 3.20. The van der Waals surface area contributed by atoms with Gasteiger partial charge < -0.3 is 5.32 Å². The van der Waals surface area contributed by atoms with E-state index in [1.54, 1.807) is 36.4 Å². The van der Waals surface area contributed by atoms with Gasteiger partial charge in [-0.1, -0.05) is 53.7 Å². The number of rotatable bonds is 7. The van der Waals surface area contributed by atoms with E-state index >= 15 is 0 Å². The third-order valence-electron chi connectivity index (χ3n) is 4.24. The number of benzene rings is 2. The summed E-state index contributed by atoms with van der Waals surface area (Å²) in [6, 6.07) is 15.0. The van der Waals surface area contributed by atoms with Crippen LogP contribution in [0, 0.1) is 6.92 Å². The quantitative estimate of drug-likeness (QED) is 0.663. The molecule has 1 fully saturated rings. The van der Waals surface area contributed by atoms with Crippen molar-refractivity contribution in [2.75, 3.05) is 11.9 Å². The summed E-state index contributed by atoms with van der Waals surface area (Å²) in [7, 11) is -4.15. The number of amides is 2. The van der Waals surface area contributed by atoms with Crippen molar-refractivity contribution in [2.24, 2.45) is 4.99 Å². The number of aliphatic imine (C=N–C) groups is 1. The number of nitrogens with one attached hydrogen (secondary N) is 1. The van der Waals surface area contributed by atoms with Crippen LogP contribution < -0.4 is 5.32 Å². The van der Waals surface area contributed by atoms with Gasteiger partial charge in [0.15, 0.2) is 5.17 Å². The van der Waals surface area contributed by atoms with Gasteiger partial charge in [-0.2, -0.15) is 4.31 Å². The monoisotopic (exact) mass is 443 g/mol. The first kappa shape index (κ1) is 21.8. The Bertz CT molecular complexity index is 1080. The maximum Gasteiger partial charge on any atom is 0.272 e. The van der Waals surface area contributed by atoms with Crippen LogP contribution in [0.2, 0.25) is 0 Å². The fraction of sp³-hybridized carbons (Fsp3) is 0.190. The predicted molar refractivity (Wildman–Crippen MR) is 119 cm³/mol. The Labute approximate surface area is 179 Å². The molecular weight excluding hydrogens is 422 g/mol. The van der Waals surface area contributed by atoms with Gasteiger partial charge in [-0.05, 0) is 31.2 Å². The zero-order valence-electron chi connectivity index (χ0n) is 16.3. The van der Waals surface area contributed by atoms with E-state index in [4.69, 9.17) is 0 Å². The first-order valence-electron chi connectivity index (χ1n) is 9.15. The van der Waals surface area contributed by atoms with Gasteiger partial charge in [-0.15, -0.1) is 6.58 Å². The van der Waals surface area contributed by atoms with Gasteiger partial charge >= 0.3 is 0 Å². The van der Waals surface area contributed by atoms with Crippen molar-refractivity contribution in [2.45, 2.75) is 23.5 Å². The van der Waals surface area contributed by atoms with Crippen LogP contribution in [0.4, 0.5) is 5.69 Å². The van der Waals surface area contributed by atoms with Crippen molar-refractivity contribution in [1.82, 2.24) is 4.31 Å². The minimum absolute atomic E-state index is 0.0114. The third kappa shape index (κ3) is 4.80. The Morgan fingerprint density at radius 3 is 2.50 bits per heavy atom. The molecule has 2 amide bonds. The molecule has 0 bridgehead atoms. The normalized spacial score (nSPS) is 17.9. The number of hydrogen-bond acceptors (Lipinski definition) is 6. The van der Waals surface area contributed by atoms with Gasteiger partial charge in [0.2, 0.25) is 5.91 Å². The van der Waals surface area contributed by atoms with Crippen LogP contribution in [0.3, 0.4) is 0 Å². The lowest BCUT2D eigenvalue weighted by atomic mass is 10.2. The summed E-state index contributed by atoms with van der Waals surface area (Å²) in [5.41, 5.74) is 1.50. The molecule has 1 saturated heterocycles. The Balaban J connectivity index is 1.85. The standard InChI is InChI=1S/C21H21N3O4S2/c1-3-13-22-21-24(30(27,28)17-11-9-15(2)10-12-17)20(26)18(29-21)14-19(25)23-16-7-5-4-6-8-16/h3-12,18H,1,13-14H2,2H3,(H,23,25)/t18-/m1/s1. The highest BCUT2D eigenvalue weighted by atomic mass is 32.2. The number of carbonyl (C=O) groups excluding carboxylic acids is 2. The zero-order chi connectivity index (χ0) is 21.7. The molecule has 0 saturated carbocycles. The SMILES string of the molecule is C=CCN=C1S[C@H](CC(=O)Nc2ccccc2)C(=O)N1S(=O)(=O)c1ccc(C)cc1. The van der Waals surface area contributed by atoms with Crippen molar-refractivity contribution in [3.05, 3.63) is 72.8 Å². The molecule has 1 aliphatic heterocycles. The molecule has 0 spiro atoms. The van der Waals surface area contributed by atoms with Gasteiger partial charge in [0.05, 0.1) is 11.4 Å². The number of sulfonamides is 1. The van der Waals surface area contributed by atoms with E-state index in [0.717, 1.165) is 17.3 Å². The first-order valence-corrected chi connectivity index (χ1v) is 11.5. The summed E-state index contributed by atoms with van der Waals surface area (Å²) in [5.74, 6) is -1.07. The number of para-hydroxylation sites is 1. The molecule has 0 radical (unpaired) electrons. The number of aryl methyl sites for hydroxylation is 1. The molecule has 1 aliphatic rings. The molecule has 2 aromatic rings. The van der Waals surface area contributed by atoms with Gasteiger partial charge in [0.1, 0.15) is 5.25 Å². The molecule has 1 heterocycles. The van der Waals surface area contributed by atoms with Crippen LogP contribution in [0.1, 0.15) is 12.0 Å². The number of anilines is 1. The van der Waals surface area contributed by atoms with Gasteiger partial charge in [0.25, 0.3) is 15.9 Å². The molecule has 156 valence electrons. The molecule has 0 unspecified atom stereocenters. The maximum atomic E-state index is 13.1. The lowest BCUT2D eigenvalue weighted by Gasteiger charge is -2.17. The third-order valence-corrected chi connectivity index (χ3v) is 7.23. The average Bonchev–Trinajstić information content (AvgIpc) is 3.03. The summed E-state index contributed by atoms with van der Waals surface area (Å²) in [6.45, 7) is 5.57. The largest absolute Gasteiger partial charge is 0.326 e. The molecular formula is C21H21N3O4S2. The fourth-order valence-corrected chi connectivity index (χ4v) is 5.60. The zero-order valence-corrected chi connectivity index (χ0v) is 17.9. The van der Waals surface area contributed by atoms with E-state index in [1.165, 1.54) is 18.2 Å². The molecule has 0 aliphatic carbocycles. The van der Waals surface area contributed by atoms with E-state index in [1.807, 2.05) is 13.0 Å². The second-order valence-corrected chi connectivity index (χ2v) is 9.51. The number of carbonyl (C=O) groups is 2. The Morgan fingerprint density at radius 2 is 1.87 bits per heavy atom. The molecule has 2 aromatic carbocycles. The van der Waals surface area contributed by atoms with Crippen molar-refractivity contribution >= 4 is 44.5 Å². The molecule has 9 heteroatoms. The smallest absolute Gasteiger partial charge is 0.272 e. The van der Waals surface area contributed by atoms with Crippen LogP contribution in [0.25, 0.3) is 0 Å². The number of thioether (sulfide) groups is 1. The van der Waals surface area contributed by atoms with Crippen LogP contribution in [0.5, 0.6) is 0 Å². The Hall–Kier alpha value is -2.91. The van der Waals surface area contributed by atoms with E-state index < -0.39 is 21.2 Å². The molecule has 3 rings (SSSR count). The Kier molecular flexibility index (Phi) is 6.73. The topological polar surface area (TPSA) is 95.9 Å². The van der Waals surface area contributed by atoms with Crippen LogP contribution in [0.15, 0.2) is 77.1 Å². The molecule has 0 aromatic heterocycles. The van der Waals surface area contributed by atoms with E-state index in [0.29, 0.717) is 9.99 Å². The lowest BCUT2D eigenvalue weighted by molar-refractivity contribution is -0.125. The molecule has 1 atom stereocenters. The van der Waals surface area contributed by atoms with Crippen molar-refractivity contribution < 1.29 is 18.0 Å². The van der Waals surface area contributed by atoms with Crippen molar-refractivity contribution in [1.29, 1.82) is 0 Å². The van der Waals surface area contributed by atoms with E-state index in [9.17, 15) is 18.0 Å². The molecule has 1 N–H and O–H groups in total. The number of hydrogen-bond donors (Lipinski definition) is 1. The highest BCUT2D eigenvalue weighted by Gasteiger charge is 2.46. The number of amidine groups is 1. The van der Waals surface area contributed by atoms with E-state index in [-0.39, 0.29) is 28.9 Å². The number of nitrogens with zero attached hydrogens (tertiary/aromatic N) is 2. The highest BCUT2D eigenvalue weighted by molar-refractivity contribution is 8.17. The summed E-state index contributed by atoms with van der Waals surface area (Å²) < 4.78 is 27.0. The van der Waals surface area contributed by atoms with Gasteiger partial charge in [-0.3, -0.25) is 14.6 Å². The summed E-state index contributed by atoms with van der Waals surface area (Å²) >= 11 is 0.969. The van der Waals surface area contributed by atoms with Gasteiger partial charge in [-0.25, -0.2) is 8.42 Å². The Morgan fingerprint density at radius 1 is 1.20 bits per heavy atom. The highest BCUT2D eigenvalue weighted by Crippen LogP contribution is 2.34. The minimum atomic E-state index is -4.15. The summed E-state index contributed by atoms with van der Waals surface area (Å²) in [6.07, 6.45) is 1.33. The second kappa shape index (κ2) is 9.27. The van der Waals surface area contributed by atoms with Crippen LogP contribution in [-0.2, 0) is 19.6 Å². The fourth-order valence-electron chi connectivity index (χ4n) is 2.76. The van der Waals surface area contributed by atoms with Crippen LogP contribution >= 0.6 is 11.8 Å². The van der Waals surface area contributed by atoms with Gasteiger partial charge in [0, 0.05) is 12.1 Å². The van der Waals surface area contributed by atoms with Crippen LogP contribution in [-0.4, -0.2) is 41.5 Å². The second-order valence-electron chi connectivity index (χ2n) is 6.56. The first-order chi connectivity index (χ1) is 14.3. The average molecular weight is 444 g/mol. The van der Waals surface area contributed by atoms with Crippen molar-refractivity contribution in [3.63, 3.8) is 0 Å². The lowest BCUT2D eigenvalue weighted by Crippen LogP contribution is -2.38.